The SMILES string of the molecule is CS(=O)(=O)N(CCC(=O)N1CCC2(CC1)OCCO2)Cc1ccncc1. The zero-order chi connectivity index (χ0) is 18.6. The van der Waals surface area contributed by atoms with Crippen LogP contribution in [-0.2, 0) is 30.8 Å². The van der Waals surface area contributed by atoms with E-state index in [2.05, 4.69) is 4.98 Å². The second-order valence-electron chi connectivity index (χ2n) is 6.69. The molecular formula is C17H25N3O5S. The largest absolute Gasteiger partial charge is 0.347 e. The predicted molar refractivity (Wildman–Crippen MR) is 94.6 cm³/mol. The molecule has 1 spiro atoms. The van der Waals surface area contributed by atoms with Crippen LogP contribution in [-0.4, -0.2) is 73.4 Å². The first-order valence-corrected chi connectivity index (χ1v) is 10.6. The van der Waals surface area contributed by atoms with Crippen molar-refractivity contribution in [3.63, 3.8) is 0 Å². The first-order valence-electron chi connectivity index (χ1n) is 8.78. The van der Waals surface area contributed by atoms with Gasteiger partial charge >= 0.3 is 0 Å². The Morgan fingerprint density at radius 3 is 2.42 bits per heavy atom. The molecule has 0 atom stereocenters. The molecule has 2 aliphatic rings. The highest BCUT2D eigenvalue weighted by atomic mass is 32.2. The molecule has 1 aromatic heterocycles. The molecule has 144 valence electrons. The molecule has 2 aliphatic heterocycles. The molecule has 0 aromatic carbocycles. The molecular weight excluding hydrogens is 358 g/mol. The van der Waals surface area contributed by atoms with Crippen LogP contribution in [0.3, 0.4) is 0 Å². The number of sulfonamides is 1. The molecule has 9 heteroatoms. The number of likely N-dealkylation sites (tertiary alicyclic amines) is 1. The van der Waals surface area contributed by atoms with Crippen LogP contribution in [0.15, 0.2) is 24.5 Å². The van der Waals surface area contributed by atoms with Crippen LogP contribution >= 0.6 is 0 Å². The number of nitrogens with zero attached hydrogens (tertiary/aromatic N) is 3. The smallest absolute Gasteiger partial charge is 0.223 e. The normalized spacial score (nSPS) is 20.0. The Labute approximate surface area is 154 Å². The van der Waals surface area contributed by atoms with E-state index in [1.807, 2.05) is 0 Å². The monoisotopic (exact) mass is 383 g/mol. The van der Waals surface area contributed by atoms with Crippen molar-refractivity contribution in [2.45, 2.75) is 31.6 Å². The van der Waals surface area contributed by atoms with Gasteiger partial charge in [0.2, 0.25) is 15.9 Å². The van der Waals surface area contributed by atoms with Crippen LogP contribution in [0.4, 0.5) is 0 Å². The van der Waals surface area contributed by atoms with Gasteiger partial charge in [0.05, 0.1) is 19.5 Å². The Bertz CT molecular complexity index is 709. The lowest BCUT2D eigenvalue weighted by Gasteiger charge is -2.37. The molecule has 0 N–H and O–H groups in total. The Balaban J connectivity index is 1.53. The second kappa shape index (κ2) is 7.99. The predicted octanol–water partition coefficient (Wildman–Crippen LogP) is 0.599. The van der Waals surface area contributed by atoms with Gasteiger partial charge in [0.25, 0.3) is 0 Å². The summed E-state index contributed by atoms with van der Waals surface area (Å²) in [6.07, 6.45) is 5.89. The fraction of sp³-hybridized carbons (Fsp3) is 0.647. The van der Waals surface area contributed by atoms with E-state index in [4.69, 9.17) is 9.47 Å². The summed E-state index contributed by atoms with van der Waals surface area (Å²) in [5, 5.41) is 0. The van der Waals surface area contributed by atoms with E-state index in [1.165, 1.54) is 4.31 Å². The molecule has 0 unspecified atom stereocenters. The third-order valence-electron chi connectivity index (χ3n) is 4.84. The first-order chi connectivity index (χ1) is 12.4. The lowest BCUT2D eigenvalue weighted by Crippen LogP contribution is -2.47. The number of hydrogen-bond donors (Lipinski definition) is 0. The third kappa shape index (κ3) is 4.79. The molecule has 1 aromatic rings. The van der Waals surface area contributed by atoms with Gasteiger partial charge in [-0.15, -0.1) is 0 Å². The van der Waals surface area contributed by atoms with E-state index in [1.54, 1.807) is 29.4 Å². The minimum absolute atomic E-state index is 0.0405. The van der Waals surface area contributed by atoms with Crippen molar-refractivity contribution in [3.8, 4) is 0 Å². The van der Waals surface area contributed by atoms with E-state index in [0.717, 1.165) is 11.8 Å². The number of rotatable bonds is 6. The Morgan fingerprint density at radius 2 is 1.85 bits per heavy atom. The van der Waals surface area contributed by atoms with Crippen molar-refractivity contribution < 1.29 is 22.7 Å². The molecule has 26 heavy (non-hydrogen) atoms. The van der Waals surface area contributed by atoms with Gasteiger partial charge < -0.3 is 14.4 Å². The Hall–Kier alpha value is -1.55. The number of aromatic nitrogens is 1. The topological polar surface area (TPSA) is 89.0 Å². The van der Waals surface area contributed by atoms with E-state index >= 15 is 0 Å². The summed E-state index contributed by atoms with van der Waals surface area (Å²) in [5.41, 5.74) is 0.841. The molecule has 3 heterocycles. The zero-order valence-corrected chi connectivity index (χ0v) is 15.8. The van der Waals surface area contributed by atoms with Crippen LogP contribution in [0.25, 0.3) is 0 Å². The van der Waals surface area contributed by atoms with Crippen LogP contribution < -0.4 is 0 Å². The lowest BCUT2D eigenvalue weighted by atomic mass is 10.0. The molecule has 8 nitrogen and oxygen atoms in total. The molecule has 1 amide bonds. The van der Waals surface area contributed by atoms with Crippen molar-refractivity contribution in [3.05, 3.63) is 30.1 Å². The quantitative estimate of drug-likeness (QED) is 0.715. The van der Waals surface area contributed by atoms with Gasteiger partial charge in [-0.05, 0) is 17.7 Å². The third-order valence-corrected chi connectivity index (χ3v) is 6.09. The number of ether oxygens (including phenoxy) is 2. The van der Waals surface area contributed by atoms with E-state index < -0.39 is 15.8 Å². The Morgan fingerprint density at radius 1 is 1.23 bits per heavy atom. The number of hydrogen-bond acceptors (Lipinski definition) is 6. The molecule has 2 fully saturated rings. The molecule has 2 saturated heterocycles. The summed E-state index contributed by atoms with van der Waals surface area (Å²) in [6, 6.07) is 3.54. The minimum atomic E-state index is -3.41. The molecule has 0 saturated carbocycles. The van der Waals surface area contributed by atoms with Crippen molar-refractivity contribution in [2.75, 3.05) is 39.1 Å². The maximum absolute atomic E-state index is 12.5. The molecule has 0 aliphatic carbocycles. The zero-order valence-electron chi connectivity index (χ0n) is 15.0. The summed E-state index contributed by atoms with van der Waals surface area (Å²) in [7, 11) is -3.41. The van der Waals surface area contributed by atoms with Crippen molar-refractivity contribution >= 4 is 15.9 Å². The summed E-state index contributed by atoms with van der Waals surface area (Å²) in [6.45, 7) is 2.75. The average molecular weight is 383 g/mol. The highest BCUT2D eigenvalue weighted by molar-refractivity contribution is 7.88. The maximum Gasteiger partial charge on any atom is 0.223 e. The summed E-state index contributed by atoms with van der Waals surface area (Å²) >= 11 is 0. The minimum Gasteiger partial charge on any atom is -0.347 e. The highest BCUT2D eigenvalue weighted by Gasteiger charge is 2.40. The van der Waals surface area contributed by atoms with Gasteiger partial charge in [-0.1, -0.05) is 0 Å². The van der Waals surface area contributed by atoms with Gasteiger partial charge in [-0.2, -0.15) is 4.31 Å². The van der Waals surface area contributed by atoms with Crippen molar-refractivity contribution in [1.82, 2.24) is 14.2 Å². The average Bonchev–Trinajstić information content (AvgIpc) is 3.07. The number of piperidine rings is 1. The molecule has 3 rings (SSSR count). The van der Waals surface area contributed by atoms with Gasteiger partial charge in [-0.25, -0.2) is 8.42 Å². The summed E-state index contributed by atoms with van der Waals surface area (Å²) in [4.78, 5) is 18.2. The number of pyridine rings is 1. The van der Waals surface area contributed by atoms with Crippen LogP contribution in [0, 0.1) is 0 Å². The van der Waals surface area contributed by atoms with Gasteiger partial charge in [-0.3, -0.25) is 9.78 Å². The van der Waals surface area contributed by atoms with Crippen molar-refractivity contribution in [1.29, 1.82) is 0 Å². The number of amides is 1. The summed E-state index contributed by atoms with van der Waals surface area (Å²) < 4.78 is 36.8. The number of carbonyl (C=O) groups is 1. The second-order valence-corrected chi connectivity index (χ2v) is 8.67. The summed E-state index contributed by atoms with van der Waals surface area (Å²) in [5.74, 6) is -0.557. The maximum atomic E-state index is 12.5. The van der Waals surface area contributed by atoms with Gasteiger partial charge in [0, 0.05) is 57.8 Å². The van der Waals surface area contributed by atoms with Crippen LogP contribution in [0.1, 0.15) is 24.8 Å². The lowest BCUT2D eigenvalue weighted by molar-refractivity contribution is -0.187. The van der Waals surface area contributed by atoms with E-state index in [-0.39, 0.29) is 25.4 Å². The Kier molecular flexibility index (Phi) is 5.91. The van der Waals surface area contributed by atoms with Gasteiger partial charge in [0.1, 0.15) is 0 Å². The van der Waals surface area contributed by atoms with Crippen LogP contribution in [0.2, 0.25) is 0 Å². The fourth-order valence-electron chi connectivity index (χ4n) is 3.31. The van der Waals surface area contributed by atoms with Crippen molar-refractivity contribution in [2.24, 2.45) is 0 Å². The van der Waals surface area contributed by atoms with E-state index in [0.29, 0.717) is 39.1 Å². The van der Waals surface area contributed by atoms with Gasteiger partial charge in [0.15, 0.2) is 5.79 Å². The molecule has 0 radical (unpaired) electrons. The number of carbonyl (C=O) groups excluding carboxylic acids is 1. The van der Waals surface area contributed by atoms with E-state index in [9.17, 15) is 13.2 Å². The van der Waals surface area contributed by atoms with Crippen LogP contribution in [0.5, 0.6) is 0 Å². The highest BCUT2D eigenvalue weighted by Crippen LogP contribution is 2.31. The molecule has 0 bridgehead atoms. The first kappa shape index (κ1) is 19.2. The standard InChI is InChI=1S/C17H25N3O5S/c1-26(22,23)20(14-15-2-7-18-8-3-15)9-4-16(21)19-10-5-17(6-11-19)24-12-13-25-17/h2-3,7-8H,4-6,9-14H2,1H3. The fourth-order valence-corrected chi connectivity index (χ4v) is 4.12.